The van der Waals surface area contributed by atoms with Crippen LogP contribution in [0.2, 0.25) is 5.02 Å². The summed E-state index contributed by atoms with van der Waals surface area (Å²) in [6, 6.07) is 5.97. The van der Waals surface area contributed by atoms with Crippen molar-refractivity contribution in [3.63, 3.8) is 0 Å². The number of halogens is 1. The highest BCUT2D eigenvalue weighted by atomic mass is 35.5. The van der Waals surface area contributed by atoms with Crippen LogP contribution in [-0.2, 0) is 11.3 Å². The number of piperidine rings is 1. The number of hydrogen-bond donors (Lipinski definition) is 1. The zero-order chi connectivity index (χ0) is 20.3. The van der Waals surface area contributed by atoms with E-state index in [1.165, 1.54) is 44.1 Å². The first-order valence-electron chi connectivity index (χ1n) is 11.9. The zero-order valence-corrected chi connectivity index (χ0v) is 18.6. The molecular weight excluding hydrogens is 396 g/mol. The van der Waals surface area contributed by atoms with Crippen molar-refractivity contribution in [2.24, 2.45) is 23.2 Å². The van der Waals surface area contributed by atoms with Crippen molar-refractivity contribution < 1.29 is 9.53 Å². The highest BCUT2D eigenvalue weighted by Crippen LogP contribution is 2.59. The van der Waals surface area contributed by atoms with Crippen molar-refractivity contribution in [3.8, 4) is 0 Å². The van der Waals surface area contributed by atoms with Gasteiger partial charge in [0.2, 0.25) is 0 Å². The third-order valence-electron chi connectivity index (χ3n) is 8.79. The van der Waals surface area contributed by atoms with Crippen LogP contribution in [0.5, 0.6) is 0 Å². The smallest absolute Gasteiger partial charge is 0.252 e. The molecule has 4 aliphatic carbocycles. The van der Waals surface area contributed by atoms with Gasteiger partial charge in [0.25, 0.3) is 5.91 Å². The first-order valence-corrected chi connectivity index (χ1v) is 12.3. The quantitative estimate of drug-likeness (QED) is 0.694. The standard InChI is InChI=1S/C25H33ClN2O2/c26-22-2-1-17(14-28-5-3-25(4-6-28)16-30-25)10-21(22)23(29)27-15-24-11-18-7-19(12-24)9-20(8-18)13-24/h1-2,10,18-20H,3-9,11-16H2,(H,27,29). The first kappa shape index (κ1) is 19.6. The summed E-state index contributed by atoms with van der Waals surface area (Å²) in [5.41, 5.74) is 2.37. The van der Waals surface area contributed by atoms with Gasteiger partial charge in [-0.05, 0) is 92.2 Å². The van der Waals surface area contributed by atoms with E-state index in [-0.39, 0.29) is 11.5 Å². The number of likely N-dealkylation sites (tertiary alicyclic amines) is 1. The fourth-order valence-corrected chi connectivity index (χ4v) is 7.69. The second kappa shape index (κ2) is 7.21. The fourth-order valence-electron chi connectivity index (χ4n) is 7.48. The Morgan fingerprint density at radius 1 is 1.10 bits per heavy atom. The molecule has 4 saturated carbocycles. The summed E-state index contributed by atoms with van der Waals surface area (Å²) in [5, 5.41) is 3.85. The Hall–Kier alpha value is -1.10. The van der Waals surface area contributed by atoms with Gasteiger partial charge in [0.1, 0.15) is 0 Å². The Balaban J connectivity index is 1.10. The summed E-state index contributed by atoms with van der Waals surface area (Å²) in [5.74, 6) is 2.72. The molecule has 2 heterocycles. The minimum atomic E-state index is 0.00146. The average molecular weight is 429 g/mol. The second-order valence-corrected chi connectivity index (χ2v) is 11.6. The van der Waals surface area contributed by atoms with E-state index in [2.05, 4.69) is 16.3 Å². The van der Waals surface area contributed by atoms with Crippen LogP contribution in [0.1, 0.15) is 67.3 Å². The highest BCUT2D eigenvalue weighted by molar-refractivity contribution is 6.33. The molecule has 2 aliphatic heterocycles. The van der Waals surface area contributed by atoms with E-state index in [1.54, 1.807) is 0 Å². The number of ether oxygens (including phenoxy) is 1. The lowest BCUT2D eigenvalue weighted by Gasteiger charge is -2.56. The van der Waals surface area contributed by atoms with E-state index in [4.69, 9.17) is 16.3 Å². The number of nitrogens with one attached hydrogen (secondary N) is 1. The predicted octanol–water partition coefficient (Wildman–Crippen LogP) is 4.65. The normalized spacial score (nSPS) is 36.2. The van der Waals surface area contributed by atoms with Crippen molar-refractivity contribution in [2.75, 3.05) is 26.2 Å². The predicted molar refractivity (Wildman–Crippen MR) is 118 cm³/mol. The Bertz CT molecular complexity index is 804. The highest BCUT2D eigenvalue weighted by Gasteiger charge is 2.51. The van der Waals surface area contributed by atoms with Gasteiger partial charge in [0.15, 0.2) is 0 Å². The van der Waals surface area contributed by atoms with E-state index in [0.29, 0.717) is 16.0 Å². The third-order valence-corrected chi connectivity index (χ3v) is 9.12. The number of amides is 1. The number of carbonyl (C=O) groups is 1. The van der Waals surface area contributed by atoms with Gasteiger partial charge in [-0.3, -0.25) is 9.69 Å². The molecule has 7 rings (SSSR count). The third kappa shape index (κ3) is 3.69. The molecular formula is C25H33ClN2O2. The van der Waals surface area contributed by atoms with Crippen molar-refractivity contribution in [1.29, 1.82) is 0 Å². The zero-order valence-electron chi connectivity index (χ0n) is 17.8. The van der Waals surface area contributed by atoms with Gasteiger partial charge in [-0.15, -0.1) is 0 Å². The van der Waals surface area contributed by atoms with Crippen LogP contribution in [0.4, 0.5) is 0 Å². The molecule has 1 N–H and O–H groups in total. The van der Waals surface area contributed by atoms with E-state index < -0.39 is 0 Å². The molecule has 1 aromatic carbocycles. The topological polar surface area (TPSA) is 44.9 Å². The van der Waals surface area contributed by atoms with Gasteiger partial charge in [-0.25, -0.2) is 0 Å². The molecule has 162 valence electrons. The monoisotopic (exact) mass is 428 g/mol. The van der Waals surface area contributed by atoms with Gasteiger partial charge >= 0.3 is 0 Å². The van der Waals surface area contributed by atoms with Crippen molar-refractivity contribution >= 4 is 17.5 Å². The molecule has 4 nitrogen and oxygen atoms in total. The minimum Gasteiger partial charge on any atom is -0.369 e. The SMILES string of the molecule is O=C(NCC12CC3CC(CC(C3)C1)C2)c1cc(CN2CCC3(CC2)CO3)ccc1Cl. The number of carbonyl (C=O) groups excluding carboxylic acids is 1. The lowest BCUT2D eigenvalue weighted by molar-refractivity contribution is -0.0503. The molecule has 0 unspecified atom stereocenters. The maximum atomic E-state index is 13.1. The van der Waals surface area contributed by atoms with Crippen LogP contribution in [0, 0.1) is 23.2 Å². The molecule has 1 aromatic rings. The molecule has 0 radical (unpaired) electrons. The maximum absolute atomic E-state index is 13.1. The lowest BCUT2D eigenvalue weighted by atomic mass is 9.49. The number of epoxide rings is 1. The minimum absolute atomic E-state index is 0.00146. The Morgan fingerprint density at radius 2 is 1.73 bits per heavy atom. The van der Waals surface area contributed by atoms with E-state index >= 15 is 0 Å². The molecule has 4 bridgehead atoms. The van der Waals surface area contributed by atoms with Crippen LogP contribution in [0.15, 0.2) is 18.2 Å². The van der Waals surface area contributed by atoms with Crippen LogP contribution < -0.4 is 5.32 Å². The molecule has 6 aliphatic rings. The Kier molecular flexibility index (Phi) is 4.71. The Labute approximate surface area is 184 Å². The summed E-state index contributed by atoms with van der Waals surface area (Å²) < 4.78 is 5.62. The average Bonchev–Trinajstić information content (AvgIpc) is 3.48. The summed E-state index contributed by atoms with van der Waals surface area (Å²) in [6.45, 7) is 4.77. The summed E-state index contributed by atoms with van der Waals surface area (Å²) in [4.78, 5) is 15.5. The largest absolute Gasteiger partial charge is 0.369 e. The lowest BCUT2D eigenvalue weighted by Crippen LogP contribution is -2.51. The number of nitrogens with zero attached hydrogens (tertiary/aromatic N) is 1. The van der Waals surface area contributed by atoms with Gasteiger partial charge in [0.05, 0.1) is 22.8 Å². The summed E-state index contributed by atoms with van der Waals surface area (Å²) >= 11 is 6.44. The molecule has 6 fully saturated rings. The molecule has 2 saturated heterocycles. The van der Waals surface area contributed by atoms with Crippen molar-refractivity contribution in [1.82, 2.24) is 10.2 Å². The number of hydrogen-bond acceptors (Lipinski definition) is 3. The van der Waals surface area contributed by atoms with Crippen LogP contribution in [-0.4, -0.2) is 42.6 Å². The molecule has 5 heteroatoms. The van der Waals surface area contributed by atoms with E-state index in [1.807, 2.05) is 12.1 Å². The maximum Gasteiger partial charge on any atom is 0.252 e. The molecule has 30 heavy (non-hydrogen) atoms. The van der Waals surface area contributed by atoms with Crippen LogP contribution >= 0.6 is 11.6 Å². The first-order chi connectivity index (χ1) is 14.5. The van der Waals surface area contributed by atoms with Gasteiger partial charge < -0.3 is 10.1 Å². The van der Waals surface area contributed by atoms with Gasteiger partial charge in [-0.2, -0.15) is 0 Å². The molecule has 0 atom stereocenters. The van der Waals surface area contributed by atoms with E-state index in [9.17, 15) is 4.79 Å². The molecule has 1 amide bonds. The van der Waals surface area contributed by atoms with Gasteiger partial charge in [0, 0.05) is 26.2 Å². The summed E-state index contributed by atoms with van der Waals surface area (Å²) in [7, 11) is 0. The van der Waals surface area contributed by atoms with Crippen LogP contribution in [0.25, 0.3) is 0 Å². The summed E-state index contributed by atoms with van der Waals surface area (Å²) in [6.07, 6.45) is 10.5. The van der Waals surface area contributed by atoms with Crippen molar-refractivity contribution in [3.05, 3.63) is 34.3 Å². The molecule has 1 spiro atoms. The number of rotatable bonds is 5. The number of benzene rings is 1. The molecule has 0 aromatic heterocycles. The fraction of sp³-hybridized carbons (Fsp3) is 0.720. The second-order valence-electron chi connectivity index (χ2n) is 11.2. The van der Waals surface area contributed by atoms with E-state index in [0.717, 1.165) is 63.4 Å². The van der Waals surface area contributed by atoms with Gasteiger partial charge in [-0.1, -0.05) is 17.7 Å². The Morgan fingerprint density at radius 3 is 2.33 bits per heavy atom. The van der Waals surface area contributed by atoms with Crippen LogP contribution in [0.3, 0.4) is 0 Å². The van der Waals surface area contributed by atoms with Crippen molar-refractivity contribution in [2.45, 2.75) is 63.5 Å².